The molecule has 0 aliphatic rings. The number of hydrogen-bond acceptors (Lipinski definition) is 4. The largest absolute Gasteiger partial charge is 0.489 e. The number of aromatic amines is 1. The Balaban J connectivity index is 1.36. The quantitative estimate of drug-likeness (QED) is 0.392. The van der Waals surface area contributed by atoms with E-state index < -0.39 is 0 Å². The van der Waals surface area contributed by atoms with E-state index in [1.165, 1.54) is 16.7 Å². The van der Waals surface area contributed by atoms with Crippen molar-refractivity contribution in [2.75, 3.05) is 0 Å². The van der Waals surface area contributed by atoms with Crippen LogP contribution in [0.15, 0.2) is 77.3 Å². The highest BCUT2D eigenvalue weighted by Crippen LogP contribution is 2.26. The molecule has 4 aromatic rings. The number of nitrogens with one attached hydrogen (secondary N) is 1. The highest BCUT2D eigenvalue weighted by molar-refractivity contribution is 9.10. The number of rotatable bonds is 8. The van der Waals surface area contributed by atoms with Crippen LogP contribution in [0, 0.1) is 0 Å². The van der Waals surface area contributed by atoms with Gasteiger partial charge in [-0.05, 0) is 53.3 Å². The van der Waals surface area contributed by atoms with Crippen LogP contribution in [0.4, 0.5) is 0 Å². The predicted octanol–water partition coefficient (Wildman–Crippen LogP) is 5.38. The summed E-state index contributed by atoms with van der Waals surface area (Å²) >= 11 is 3.67. The maximum absolute atomic E-state index is 6.07. The Bertz CT molecular complexity index is 1050. The van der Waals surface area contributed by atoms with Crippen molar-refractivity contribution in [3.8, 4) is 17.1 Å². The lowest BCUT2D eigenvalue weighted by atomic mass is 10.0. The Hall–Kier alpha value is -2.99. The summed E-state index contributed by atoms with van der Waals surface area (Å²) < 4.78 is 7.14. The summed E-state index contributed by atoms with van der Waals surface area (Å²) in [6.45, 7) is 0.584. The Morgan fingerprint density at radius 2 is 1.66 bits per heavy atom. The van der Waals surface area contributed by atoms with Gasteiger partial charge in [0.05, 0.1) is 0 Å². The van der Waals surface area contributed by atoms with Gasteiger partial charge in [-0.2, -0.15) is 5.21 Å². The normalized spacial score (nSPS) is 10.8. The van der Waals surface area contributed by atoms with Crippen molar-refractivity contribution in [2.45, 2.75) is 25.9 Å². The van der Waals surface area contributed by atoms with Crippen molar-refractivity contribution < 1.29 is 4.74 Å². The van der Waals surface area contributed by atoms with Crippen LogP contribution >= 0.6 is 15.9 Å². The third-order valence-electron chi connectivity index (χ3n) is 4.76. The summed E-state index contributed by atoms with van der Waals surface area (Å²) in [5.41, 5.74) is 4.62. The molecule has 0 unspecified atom stereocenters. The standard InChI is InChI=1S/C23H21BrN4O/c24-21-15-20(23-25-27-28-26-23)14-13-18(21)10-6-11-19-9-4-5-12-22(19)29-16-17-7-2-1-3-8-17/h1-5,7-9,12-15H,6,10-11,16H2,(H,25,26,27,28). The molecule has 1 heterocycles. The third kappa shape index (κ3) is 5.09. The first-order chi connectivity index (χ1) is 14.3. The average molecular weight is 449 g/mol. The summed E-state index contributed by atoms with van der Waals surface area (Å²) in [4.78, 5) is 0. The second-order valence-electron chi connectivity index (χ2n) is 6.78. The van der Waals surface area contributed by atoms with E-state index in [2.05, 4.69) is 66.9 Å². The van der Waals surface area contributed by atoms with Gasteiger partial charge >= 0.3 is 0 Å². The van der Waals surface area contributed by atoms with E-state index in [0.717, 1.165) is 35.0 Å². The van der Waals surface area contributed by atoms with Crippen molar-refractivity contribution in [3.05, 3.63) is 94.0 Å². The number of nitrogens with zero attached hydrogens (tertiary/aromatic N) is 3. The van der Waals surface area contributed by atoms with Gasteiger partial charge in [-0.15, -0.1) is 10.2 Å². The zero-order valence-corrected chi connectivity index (χ0v) is 17.5. The Kier molecular flexibility index (Phi) is 6.32. The fourth-order valence-electron chi connectivity index (χ4n) is 3.23. The van der Waals surface area contributed by atoms with Crippen LogP contribution in [0.25, 0.3) is 11.4 Å². The summed E-state index contributed by atoms with van der Waals surface area (Å²) in [6.07, 6.45) is 2.97. The second-order valence-corrected chi connectivity index (χ2v) is 7.63. The monoisotopic (exact) mass is 448 g/mol. The van der Waals surface area contributed by atoms with Crippen LogP contribution in [-0.2, 0) is 19.4 Å². The lowest BCUT2D eigenvalue weighted by molar-refractivity contribution is 0.302. The number of ether oxygens (including phenoxy) is 1. The maximum atomic E-state index is 6.07. The van der Waals surface area contributed by atoms with Gasteiger partial charge in [0.2, 0.25) is 5.82 Å². The number of aryl methyl sites for hydroxylation is 2. The van der Waals surface area contributed by atoms with E-state index in [1.807, 2.05) is 42.5 Å². The van der Waals surface area contributed by atoms with Crippen molar-refractivity contribution in [2.24, 2.45) is 0 Å². The molecule has 4 rings (SSSR count). The molecule has 146 valence electrons. The van der Waals surface area contributed by atoms with E-state index >= 15 is 0 Å². The second kappa shape index (κ2) is 9.47. The number of benzene rings is 3. The first-order valence-corrected chi connectivity index (χ1v) is 10.4. The molecule has 6 heteroatoms. The fourth-order valence-corrected chi connectivity index (χ4v) is 3.81. The molecule has 29 heavy (non-hydrogen) atoms. The summed E-state index contributed by atoms with van der Waals surface area (Å²) in [5.74, 6) is 1.56. The number of hydrogen-bond donors (Lipinski definition) is 1. The third-order valence-corrected chi connectivity index (χ3v) is 5.50. The molecule has 0 radical (unpaired) electrons. The van der Waals surface area contributed by atoms with Crippen LogP contribution in [0.2, 0.25) is 0 Å². The summed E-state index contributed by atoms with van der Waals surface area (Å²) in [6, 6.07) is 24.7. The number of aromatic nitrogens is 4. The van der Waals surface area contributed by atoms with Crippen LogP contribution in [-0.4, -0.2) is 20.6 Å². The lowest BCUT2D eigenvalue weighted by Gasteiger charge is -2.12. The van der Waals surface area contributed by atoms with Gasteiger partial charge in [0.25, 0.3) is 0 Å². The van der Waals surface area contributed by atoms with Crippen LogP contribution < -0.4 is 4.74 Å². The minimum Gasteiger partial charge on any atom is -0.489 e. The fraction of sp³-hybridized carbons (Fsp3) is 0.174. The number of H-pyrrole nitrogens is 1. The van der Waals surface area contributed by atoms with E-state index in [-0.39, 0.29) is 0 Å². The zero-order valence-electron chi connectivity index (χ0n) is 15.9. The van der Waals surface area contributed by atoms with Gasteiger partial charge in [0.15, 0.2) is 0 Å². The molecule has 0 aliphatic heterocycles. The van der Waals surface area contributed by atoms with E-state index in [1.54, 1.807) is 0 Å². The molecule has 0 atom stereocenters. The number of para-hydroxylation sites is 1. The molecule has 0 amide bonds. The van der Waals surface area contributed by atoms with Gasteiger partial charge in [-0.25, -0.2) is 0 Å². The SMILES string of the molecule is Brc1cc(-c2nn[nH]n2)ccc1CCCc1ccccc1OCc1ccccc1. The van der Waals surface area contributed by atoms with Crippen molar-refractivity contribution >= 4 is 15.9 Å². The van der Waals surface area contributed by atoms with Gasteiger partial charge in [-0.3, -0.25) is 0 Å². The van der Waals surface area contributed by atoms with Gasteiger partial charge in [0, 0.05) is 10.0 Å². The molecule has 0 bridgehead atoms. The van der Waals surface area contributed by atoms with Gasteiger partial charge in [-0.1, -0.05) is 76.6 Å². The van der Waals surface area contributed by atoms with Crippen LogP contribution in [0.5, 0.6) is 5.75 Å². The van der Waals surface area contributed by atoms with Crippen LogP contribution in [0.3, 0.4) is 0 Å². The average Bonchev–Trinajstić information content (AvgIpc) is 3.30. The van der Waals surface area contributed by atoms with E-state index in [4.69, 9.17) is 4.74 Å². The number of halogens is 1. The highest BCUT2D eigenvalue weighted by Gasteiger charge is 2.08. The molecular weight excluding hydrogens is 428 g/mol. The minimum absolute atomic E-state index is 0.584. The van der Waals surface area contributed by atoms with Crippen molar-refractivity contribution in [1.29, 1.82) is 0 Å². The summed E-state index contributed by atoms with van der Waals surface area (Å²) in [7, 11) is 0. The lowest BCUT2D eigenvalue weighted by Crippen LogP contribution is -1.99. The molecule has 3 aromatic carbocycles. The Morgan fingerprint density at radius 1 is 0.862 bits per heavy atom. The zero-order chi connectivity index (χ0) is 19.9. The predicted molar refractivity (Wildman–Crippen MR) is 117 cm³/mol. The first-order valence-electron chi connectivity index (χ1n) is 9.56. The molecule has 0 fully saturated rings. The highest BCUT2D eigenvalue weighted by atomic mass is 79.9. The van der Waals surface area contributed by atoms with Crippen LogP contribution in [0.1, 0.15) is 23.1 Å². The molecule has 1 aromatic heterocycles. The Morgan fingerprint density at radius 3 is 2.45 bits per heavy atom. The van der Waals surface area contributed by atoms with Gasteiger partial charge in [0.1, 0.15) is 12.4 Å². The maximum Gasteiger partial charge on any atom is 0.204 e. The molecular formula is C23H21BrN4O. The minimum atomic E-state index is 0.584. The van der Waals surface area contributed by atoms with Crippen molar-refractivity contribution in [3.63, 3.8) is 0 Å². The topological polar surface area (TPSA) is 63.7 Å². The smallest absolute Gasteiger partial charge is 0.204 e. The first kappa shape index (κ1) is 19.3. The summed E-state index contributed by atoms with van der Waals surface area (Å²) in [5, 5.41) is 14.1. The molecule has 0 saturated heterocycles. The van der Waals surface area contributed by atoms with E-state index in [9.17, 15) is 0 Å². The molecule has 0 spiro atoms. The van der Waals surface area contributed by atoms with Gasteiger partial charge < -0.3 is 4.74 Å². The van der Waals surface area contributed by atoms with Crippen molar-refractivity contribution in [1.82, 2.24) is 20.6 Å². The molecule has 0 saturated carbocycles. The number of tetrazole rings is 1. The molecule has 1 N–H and O–H groups in total. The molecule has 5 nitrogen and oxygen atoms in total. The Labute approximate surface area is 178 Å². The van der Waals surface area contributed by atoms with E-state index in [0.29, 0.717) is 12.4 Å². The molecule has 0 aliphatic carbocycles.